The van der Waals surface area contributed by atoms with Crippen LogP contribution in [0.5, 0.6) is 0 Å². The van der Waals surface area contributed by atoms with Gasteiger partial charge in [0.1, 0.15) is 0 Å². The first-order valence-corrected chi connectivity index (χ1v) is 6.21. The maximum atomic E-state index is 5.29. The van der Waals surface area contributed by atoms with Gasteiger partial charge < -0.3 is 9.73 Å². The van der Waals surface area contributed by atoms with Crippen LogP contribution in [0.2, 0.25) is 0 Å². The van der Waals surface area contributed by atoms with Crippen molar-refractivity contribution >= 4 is 29.0 Å². The molecule has 1 N–H and O–H groups in total. The van der Waals surface area contributed by atoms with Crippen LogP contribution in [0.25, 0.3) is 0 Å². The number of furan rings is 1. The van der Waals surface area contributed by atoms with Crippen molar-refractivity contribution in [1.29, 1.82) is 0 Å². The molecule has 0 fully saturated rings. The Morgan fingerprint density at radius 1 is 1.43 bits per heavy atom. The van der Waals surface area contributed by atoms with E-state index in [0.29, 0.717) is 5.25 Å². The highest BCUT2D eigenvalue weighted by molar-refractivity contribution is 8.00. The SMILES string of the molecule is c1csc(C2CNc3occc3S2)c1. The van der Waals surface area contributed by atoms with E-state index < -0.39 is 0 Å². The van der Waals surface area contributed by atoms with Gasteiger partial charge in [-0.15, -0.1) is 23.1 Å². The first-order chi connectivity index (χ1) is 6.93. The molecule has 4 heteroatoms. The molecule has 0 aliphatic carbocycles. The Balaban J connectivity index is 1.88. The monoisotopic (exact) mass is 223 g/mol. The third kappa shape index (κ3) is 1.35. The van der Waals surface area contributed by atoms with Crippen molar-refractivity contribution in [1.82, 2.24) is 0 Å². The molecule has 3 heterocycles. The van der Waals surface area contributed by atoms with Crippen molar-refractivity contribution in [2.45, 2.75) is 10.1 Å². The summed E-state index contributed by atoms with van der Waals surface area (Å²) < 4.78 is 5.29. The molecule has 2 aromatic rings. The molecule has 0 radical (unpaired) electrons. The molecule has 0 saturated heterocycles. The predicted molar refractivity (Wildman–Crippen MR) is 60.1 cm³/mol. The number of fused-ring (bicyclic) bond motifs is 1. The molecule has 0 amide bonds. The molecule has 3 rings (SSSR count). The minimum Gasteiger partial charge on any atom is -0.448 e. The summed E-state index contributed by atoms with van der Waals surface area (Å²) in [5.41, 5.74) is 0. The van der Waals surface area contributed by atoms with E-state index in [1.807, 2.05) is 29.2 Å². The third-order valence-corrected chi connectivity index (χ3v) is 4.62. The Morgan fingerprint density at radius 2 is 2.43 bits per heavy atom. The summed E-state index contributed by atoms with van der Waals surface area (Å²) in [6.45, 7) is 0.950. The molecule has 1 unspecified atom stereocenters. The summed E-state index contributed by atoms with van der Waals surface area (Å²) in [6, 6.07) is 6.31. The Morgan fingerprint density at radius 3 is 3.29 bits per heavy atom. The summed E-state index contributed by atoms with van der Waals surface area (Å²) in [5.74, 6) is 0.919. The van der Waals surface area contributed by atoms with E-state index in [9.17, 15) is 0 Å². The van der Waals surface area contributed by atoms with Gasteiger partial charge >= 0.3 is 0 Å². The molecule has 14 heavy (non-hydrogen) atoms. The fourth-order valence-electron chi connectivity index (χ4n) is 1.53. The van der Waals surface area contributed by atoms with Crippen LogP contribution in [0.4, 0.5) is 5.88 Å². The molecule has 0 spiro atoms. The molecule has 0 saturated carbocycles. The lowest BCUT2D eigenvalue weighted by atomic mass is 10.3. The van der Waals surface area contributed by atoms with E-state index in [0.717, 1.165) is 12.4 Å². The van der Waals surface area contributed by atoms with E-state index >= 15 is 0 Å². The van der Waals surface area contributed by atoms with Crippen molar-refractivity contribution in [2.75, 3.05) is 11.9 Å². The standard InChI is InChI=1S/C10H9NOS2/c1-2-7(13-5-1)9-6-11-10-8(14-9)3-4-12-10/h1-5,9,11H,6H2. The zero-order valence-corrected chi connectivity index (χ0v) is 9.03. The van der Waals surface area contributed by atoms with Gasteiger partial charge in [-0.2, -0.15) is 0 Å². The van der Waals surface area contributed by atoms with Crippen LogP contribution < -0.4 is 5.32 Å². The molecular weight excluding hydrogens is 214 g/mol. The number of hydrogen-bond acceptors (Lipinski definition) is 4. The maximum absolute atomic E-state index is 5.29. The van der Waals surface area contributed by atoms with Crippen molar-refractivity contribution in [3.05, 3.63) is 34.7 Å². The number of anilines is 1. The first-order valence-electron chi connectivity index (χ1n) is 4.45. The van der Waals surface area contributed by atoms with Crippen LogP contribution in [-0.2, 0) is 0 Å². The van der Waals surface area contributed by atoms with Crippen LogP contribution in [0.3, 0.4) is 0 Å². The number of thioether (sulfide) groups is 1. The molecule has 1 aliphatic rings. The highest BCUT2D eigenvalue weighted by Crippen LogP contribution is 2.44. The largest absolute Gasteiger partial charge is 0.448 e. The summed E-state index contributed by atoms with van der Waals surface area (Å²) in [4.78, 5) is 2.64. The van der Waals surface area contributed by atoms with Gasteiger partial charge in [0.25, 0.3) is 0 Å². The second kappa shape index (κ2) is 3.37. The van der Waals surface area contributed by atoms with E-state index in [2.05, 4.69) is 22.8 Å². The topological polar surface area (TPSA) is 25.2 Å². The molecule has 2 aromatic heterocycles. The van der Waals surface area contributed by atoms with Crippen LogP contribution in [-0.4, -0.2) is 6.54 Å². The number of rotatable bonds is 1. The normalized spacial score (nSPS) is 20.1. The Bertz CT molecular complexity index is 421. The van der Waals surface area contributed by atoms with Gasteiger partial charge in [0.15, 0.2) is 0 Å². The molecule has 1 aliphatic heterocycles. The highest BCUT2D eigenvalue weighted by atomic mass is 32.2. The molecule has 0 bridgehead atoms. The second-order valence-electron chi connectivity index (χ2n) is 3.12. The summed E-state index contributed by atoms with van der Waals surface area (Å²) in [6.07, 6.45) is 1.74. The highest BCUT2D eigenvalue weighted by Gasteiger charge is 2.22. The minimum atomic E-state index is 0.528. The molecule has 2 nitrogen and oxygen atoms in total. The molecule has 1 atom stereocenters. The van der Waals surface area contributed by atoms with Crippen molar-refractivity contribution in [3.63, 3.8) is 0 Å². The van der Waals surface area contributed by atoms with Gasteiger partial charge in [0.2, 0.25) is 5.88 Å². The quantitative estimate of drug-likeness (QED) is 0.799. The predicted octanol–water partition coefficient (Wildman–Crippen LogP) is 3.60. The van der Waals surface area contributed by atoms with Gasteiger partial charge in [0, 0.05) is 11.4 Å². The second-order valence-corrected chi connectivity index (χ2v) is 5.34. The summed E-state index contributed by atoms with van der Waals surface area (Å²) >= 11 is 3.69. The van der Waals surface area contributed by atoms with Gasteiger partial charge in [0.05, 0.1) is 16.4 Å². The van der Waals surface area contributed by atoms with E-state index in [4.69, 9.17) is 4.42 Å². The lowest BCUT2D eigenvalue weighted by molar-refractivity contribution is 0.572. The zero-order valence-electron chi connectivity index (χ0n) is 7.40. The third-order valence-electron chi connectivity index (χ3n) is 2.21. The average Bonchev–Trinajstić information content (AvgIpc) is 2.88. The smallest absolute Gasteiger partial charge is 0.206 e. The maximum Gasteiger partial charge on any atom is 0.206 e. The minimum absolute atomic E-state index is 0.528. The number of thiophene rings is 1. The van der Waals surface area contributed by atoms with Gasteiger partial charge in [-0.1, -0.05) is 6.07 Å². The Kier molecular flexibility index (Phi) is 2.03. The summed E-state index contributed by atoms with van der Waals surface area (Å²) in [7, 11) is 0. The van der Waals surface area contributed by atoms with Gasteiger partial charge in [-0.25, -0.2) is 0 Å². The molecule has 72 valence electrons. The van der Waals surface area contributed by atoms with E-state index in [1.54, 1.807) is 6.26 Å². The van der Waals surface area contributed by atoms with Crippen molar-refractivity contribution < 1.29 is 4.42 Å². The van der Waals surface area contributed by atoms with E-state index in [-0.39, 0.29) is 0 Å². The Labute approximate surface area is 90.3 Å². The lowest BCUT2D eigenvalue weighted by Gasteiger charge is -2.20. The Hall–Kier alpha value is -0.870. The van der Waals surface area contributed by atoms with Crippen LogP contribution in [0.15, 0.2) is 39.2 Å². The van der Waals surface area contributed by atoms with Crippen LogP contribution in [0.1, 0.15) is 10.1 Å². The fourth-order valence-corrected chi connectivity index (χ4v) is 3.58. The molecule has 0 aromatic carbocycles. The van der Waals surface area contributed by atoms with Crippen LogP contribution in [0, 0.1) is 0 Å². The van der Waals surface area contributed by atoms with E-state index in [1.165, 1.54) is 9.77 Å². The summed E-state index contributed by atoms with van der Waals surface area (Å²) in [5, 5.41) is 5.95. The van der Waals surface area contributed by atoms with Gasteiger partial charge in [-0.05, 0) is 17.5 Å². The number of nitrogens with one attached hydrogen (secondary N) is 1. The lowest BCUT2D eigenvalue weighted by Crippen LogP contribution is -2.12. The van der Waals surface area contributed by atoms with Crippen molar-refractivity contribution in [2.24, 2.45) is 0 Å². The number of hydrogen-bond donors (Lipinski definition) is 1. The molecular formula is C10H9NOS2. The van der Waals surface area contributed by atoms with Crippen molar-refractivity contribution in [3.8, 4) is 0 Å². The fraction of sp³-hybridized carbons (Fsp3) is 0.200. The van der Waals surface area contributed by atoms with Crippen LogP contribution >= 0.6 is 23.1 Å². The van der Waals surface area contributed by atoms with Gasteiger partial charge in [-0.3, -0.25) is 0 Å². The zero-order chi connectivity index (χ0) is 9.38. The average molecular weight is 223 g/mol. The first kappa shape index (κ1) is 8.44.